The van der Waals surface area contributed by atoms with E-state index in [1.54, 1.807) is 0 Å². The Morgan fingerprint density at radius 1 is 0.400 bits per heavy atom. The second-order valence-corrected chi connectivity index (χ2v) is 12.1. The van der Waals surface area contributed by atoms with Gasteiger partial charge in [-0.15, -0.1) is 0 Å². The van der Waals surface area contributed by atoms with Gasteiger partial charge in [-0.1, -0.05) is 140 Å². The third kappa shape index (κ3) is 4.56. The van der Waals surface area contributed by atoms with Crippen LogP contribution in [0.15, 0.2) is 162 Å². The molecule has 234 valence electrons. The molecule has 4 aromatic heterocycles. The molecule has 0 aliphatic heterocycles. The Kier molecular flexibility index (Phi) is 6.35. The van der Waals surface area contributed by atoms with Crippen LogP contribution in [-0.4, -0.2) is 29.5 Å². The van der Waals surface area contributed by atoms with Gasteiger partial charge >= 0.3 is 0 Å². The minimum Gasteiger partial charge on any atom is -0.452 e. The Bertz CT molecular complexity index is 2790. The van der Waals surface area contributed by atoms with E-state index >= 15 is 0 Å². The molecule has 0 N–H and O–H groups in total. The molecule has 4 heterocycles. The fourth-order valence-electron chi connectivity index (χ4n) is 6.73. The van der Waals surface area contributed by atoms with Gasteiger partial charge in [0.2, 0.25) is 5.95 Å². The summed E-state index contributed by atoms with van der Waals surface area (Å²) < 4.78 is 8.83. The van der Waals surface area contributed by atoms with Gasteiger partial charge in [-0.05, 0) is 12.1 Å². The molecule has 0 saturated carbocycles. The van der Waals surface area contributed by atoms with Crippen LogP contribution >= 0.6 is 0 Å². The fraction of sp³-hybridized carbons (Fsp3) is 0. The number of hydrogen-bond donors (Lipinski definition) is 0. The Labute approximate surface area is 286 Å². The third-order valence-corrected chi connectivity index (χ3v) is 9.07. The van der Waals surface area contributed by atoms with Crippen LogP contribution in [0.25, 0.3) is 95.2 Å². The van der Waals surface area contributed by atoms with Gasteiger partial charge in [-0.25, -0.2) is 15.0 Å². The number of aromatic nitrogens is 6. The van der Waals surface area contributed by atoms with Crippen molar-refractivity contribution in [2.24, 2.45) is 0 Å². The van der Waals surface area contributed by atoms with E-state index in [4.69, 9.17) is 29.3 Å². The lowest BCUT2D eigenvalue weighted by Crippen LogP contribution is -2.06. The molecule has 10 aromatic rings. The monoisotopic (exact) mass is 642 g/mol. The van der Waals surface area contributed by atoms with Gasteiger partial charge in [0.25, 0.3) is 0 Å². The van der Waals surface area contributed by atoms with Crippen LogP contribution in [0.4, 0.5) is 0 Å². The summed E-state index contributed by atoms with van der Waals surface area (Å²) in [6.45, 7) is 0. The summed E-state index contributed by atoms with van der Waals surface area (Å²) in [5.74, 6) is 2.37. The van der Waals surface area contributed by atoms with Crippen LogP contribution in [-0.2, 0) is 0 Å². The van der Waals surface area contributed by atoms with Gasteiger partial charge in [0.05, 0.1) is 11.0 Å². The van der Waals surface area contributed by atoms with E-state index in [1.807, 2.05) is 115 Å². The predicted molar refractivity (Wildman–Crippen MR) is 199 cm³/mol. The van der Waals surface area contributed by atoms with Crippen LogP contribution in [0, 0.1) is 0 Å². The molecule has 0 amide bonds. The Morgan fingerprint density at radius 2 is 0.920 bits per heavy atom. The SMILES string of the molecule is c1ccc(-c2nc(-c3ccccc3)nc(-n3c4ccccc4c4cc5c(cc43)oc3c(-c4ccccc4)nc(-c4ccccc4)nc35)n2)cc1. The molecule has 0 unspecified atom stereocenters. The summed E-state index contributed by atoms with van der Waals surface area (Å²) >= 11 is 0. The number of nitrogens with zero attached hydrogens (tertiary/aromatic N) is 6. The maximum absolute atomic E-state index is 6.72. The highest BCUT2D eigenvalue weighted by atomic mass is 16.3. The van der Waals surface area contributed by atoms with Crippen molar-refractivity contribution >= 4 is 43.9 Å². The summed E-state index contributed by atoms with van der Waals surface area (Å²) in [4.78, 5) is 25.3. The second kappa shape index (κ2) is 11.3. The highest BCUT2D eigenvalue weighted by molar-refractivity contribution is 6.17. The molecule has 0 radical (unpaired) electrons. The average Bonchev–Trinajstić information content (AvgIpc) is 3.72. The lowest BCUT2D eigenvalue weighted by molar-refractivity contribution is 0.667. The average molecular weight is 643 g/mol. The van der Waals surface area contributed by atoms with Crippen LogP contribution in [0.1, 0.15) is 0 Å². The number of para-hydroxylation sites is 1. The largest absolute Gasteiger partial charge is 0.452 e. The van der Waals surface area contributed by atoms with Crippen molar-refractivity contribution in [3.05, 3.63) is 158 Å². The van der Waals surface area contributed by atoms with Crippen molar-refractivity contribution in [1.82, 2.24) is 29.5 Å². The molecule has 0 aliphatic rings. The smallest absolute Gasteiger partial charge is 0.238 e. The number of benzene rings is 6. The summed E-state index contributed by atoms with van der Waals surface area (Å²) in [6, 6.07) is 52.9. The molecular weight excluding hydrogens is 617 g/mol. The van der Waals surface area contributed by atoms with E-state index < -0.39 is 0 Å². The zero-order valence-electron chi connectivity index (χ0n) is 26.6. The lowest BCUT2D eigenvalue weighted by atomic mass is 10.1. The molecule has 7 heteroatoms. The highest BCUT2D eigenvalue weighted by Gasteiger charge is 2.22. The molecule has 7 nitrogen and oxygen atoms in total. The zero-order chi connectivity index (χ0) is 33.0. The molecule has 0 fully saturated rings. The summed E-state index contributed by atoms with van der Waals surface area (Å²) in [5, 5.41) is 3.03. The van der Waals surface area contributed by atoms with Gasteiger partial charge in [-0.2, -0.15) is 9.97 Å². The van der Waals surface area contributed by atoms with Crippen molar-refractivity contribution in [2.75, 3.05) is 0 Å². The van der Waals surface area contributed by atoms with E-state index in [0.29, 0.717) is 34.6 Å². The number of hydrogen-bond acceptors (Lipinski definition) is 6. The van der Waals surface area contributed by atoms with Crippen molar-refractivity contribution in [3.63, 3.8) is 0 Å². The molecular formula is C43H26N6O. The van der Waals surface area contributed by atoms with Crippen LogP contribution in [0.2, 0.25) is 0 Å². The quantitative estimate of drug-likeness (QED) is 0.186. The summed E-state index contributed by atoms with van der Waals surface area (Å²) in [5.41, 5.74) is 8.49. The van der Waals surface area contributed by atoms with Gasteiger partial charge in [-0.3, -0.25) is 4.57 Å². The first kappa shape index (κ1) is 28.1. The normalized spacial score (nSPS) is 11.6. The molecule has 0 atom stereocenters. The molecule has 0 bridgehead atoms. The predicted octanol–water partition coefficient (Wildman–Crippen LogP) is 10.3. The molecule has 50 heavy (non-hydrogen) atoms. The molecule has 0 aliphatic carbocycles. The second-order valence-electron chi connectivity index (χ2n) is 12.1. The van der Waals surface area contributed by atoms with Gasteiger partial charge in [0.15, 0.2) is 23.1 Å². The lowest BCUT2D eigenvalue weighted by Gasteiger charge is -2.10. The Morgan fingerprint density at radius 3 is 1.52 bits per heavy atom. The van der Waals surface area contributed by atoms with Crippen molar-refractivity contribution in [3.8, 4) is 51.4 Å². The van der Waals surface area contributed by atoms with E-state index in [2.05, 4.69) is 47.0 Å². The van der Waals surface area contributed by atoms with E-state index in [-0.39, 0.29) is 0 Å². The molecule has 0 spiro atoms. The molecule has 6 aromatic carbocycles. The molecule has 0 saturated heterocycles. The van der Waals surface area contributed by atoms with Crippen molar-refractivity contribution < 1.29 is 4.42 Å². The number of fused-ring (bicyclic) bond motifs is 6. The van der Waals surface area contributed by atoms with Gasteiger partial charge in [0, 0.05) is 44.5 Å². The first-order chi connectivity index (χ1) is 24.8. The summed E-state index contributed by atoms with van der Waals surface area (Å²) in [6.07, 6.45) is 0. The minimum absolute atomic E-state index is 0.524. The number of rotatable bonds is 5. The van der Waals surface area contributed by atoms with E-state index in [0.717, 1.165) is 60.7 Å². The first-order valence-electron chi connectivity index (χ1n) is 16.4. The minimum atomic E-state index is 0.524. The van der Waals surface area contributed by atoms with Crippen LogP contribution in [0.5, 0.6) is 0 Å². The zero-order valence-corrected chi connectivity index (χ0v) is 26.6. The maximum Gasteiger partial charge on any atom is 0.238 e. The summed E-state index contributed by atoms with van der Waals surface area (Å²) in [7, 11) is 0. The standard InChI is InChI=1S/C43H26N6O/c1-5-15-27(16-6-1)37-39-38(45-40(44-37)28-17-7-2-8-18-28)33-25-32-31-23-13-14-24-34(31)49(35(32)26-36(33)50-39)43-47-41(29-19-9-3-10-20-29)46-42(48-43)30-21-11-4-12-22-30/h1-26H. The van der Waals surface area contributed by atoms with Gasteiger partial charge < -0.3 is 4.42 Å². The van der Waals surface area contributed by atoms with E-state index in [1.165, 1.54) is 0 Å². The van der Waals surface area contributed by atoms with Gasteiger partial charge in [0.1, 0.15) is 16.8 Å². The van der Waals surface area contributed by atoms with Crippen LogP contribution in [0.3, 0.4) is 0 Å². The number of furan rings is 1. The Balaban J connectivity index is 1.28. The third-order valence-electron chi connectivity index (χ3n) is 9.07. The fourth-order valence-corrected chi connectivity index (χ4v) is 6.73. The van der Waals surface area contributed by atoms with Crippen molar-refractivity contribution in [1.29, 1.82) is 0 Å². The van der Waals surface area contributed by atoms with E-state index in [9.17, 15) is 0 Å². The van der Waals surface area contributed by atoms with Crippen LogP contribution < -0.4 is 0 Å². The molecule has 10 rings (SSSR count). The first-order valence-corrected chi connectivity index (χ1v) is 16.4. The highest BCUT2D eigenvalue weighted by Crippen LogP contribution is 2.40. The topological polar surface area (TPSA) is 82.5 Å². The van der Waals surface area contributed by atoms with Crippen molar-refractivity contribution in [2.45, 2.75) is 0 Å². The maximum atomic E-state index is 6.72. The Hall–Kier alpha value is -6.99.